The molecule has 0 spiro atoms. The Morgan fingerprint density at radius 3 is 2.74 bits per heavy atom. The van der Waals surface area contributed by atoms with Gasteiger partial charge in [0.25, 0.3) is 0 Å². The summed E-state index contributed by atoms with van der Waals surface area (Å²) < 4.78 is 0. The Balaban J connectivity index is 1.83. The topological polar surface area (TPSA) is 49.2 Å². The summed E-state index contributed by atoms with van der Waals surface area (Å²) >= 11 is 5.96. The van der Waals surface area contributed by atoms with E-state index in [4.69, 9.17) is 11.6 Å². The van der Waals surface area contributed by atoms with Crippen molar-refractivity contribution in [3.05, 3.63) is 41.4 Å². The number of benzene rings is 1. The Morgan fingerprint density at radius 1 is 1.21 bits per heavy atom. The average molecular weight is 276 g/mol. The van der Waals surface area contributed by atoms with E-state index in [-0.39, 0.29) is 6.10 Å². The van der Waals surface area contributed by atoms with Gasteiger partial charge in [0.05, 0.1) is 11.8 Å². The molecule has 1 unspecified atom stereocenters. The molecule has 0 amide bonds. The van der Waals surface area contributed by atoms with Crippen LogP contribution in [-0.2, 0) is 0 Å². The van der Waals surface area contributed by atoms with E-state index in [9.17, 15) is 5.11 Å². The first-order chi connectivity index (χ1) is 9.22. The van der Waals surface area contributed by atoms with Crippen LogP contribution >= 0.6 is 11.6 Å². The zero-order valence-corrected chi connectivity index (χ0v) is 11.1. The largest absolute Gasteiger partial charge is 0.391 e. The summed E-state index contributed by atoms with van der Waals surface area (Å²) in [6, 6.07) is 11.4. The fourth-order valence-corrected chi connectivity index (χ4v) is 2.44. The highest BCUT2D eigenvalue weighted by atomic mass is 35.5. The van der Waals surface area contributed by atoms with Crippen molar-refractivity contribution in [2.45, 2.75) is 12.5 Å². The standard InChI is InChI=1S/C14H14ClN3O/c15-11-3-1-2-10(8-11)13-4-5-14(17-16-13)18-7-6-12(19)9-18/h1-5,8,12,19H,6-7,9H2. The monoisotopic (exact) mass is 275 g/mol. The molecule has 98 valence electrons. The molecule has 5 heteroatoms. The highest BCUT2D eigenvalue weighted by Gasteiger charge is 2.21. The highest BCUT2D eigenvalue weighted by Crippen LogP contribution is 2.23. The van der Waals surface area contributed by atoms with Gasteiger partial charge < -0.3 is 10.0 Å². The van der Waals surface area contributed by atoms with E-state index in [1.807, 2.05) is 41.3 Å². The van der Waals surface area contributed by atoms with Crippen LogP contribution in [0.1, 0.15) is 6.42 Å². The van der Waals surface area contributed by atoms with E-state index in [1.54, 1.807) is 0 Å². The number of rotatable bonds is 2. The van der Waals surface area contributed by atoms with Crippen molar-refractivity contribution in [3.8, 4) is 11.3 Å². The van der Waals surface area contributed by atoms with Gasteiger partial charge in [-0.25, -0.2) is 0 Å². The van der Waals surface area contributed by atoms with Crippen LogP contribution in [-0.4, -0.2) is 34.5 Å². The summed E-state index contributed by atoms with van der Waals surface area (Å²) in [5.41, 5.74) is 1.75. The molecule has 2 heterocycles. The number of aliphatic hydroxyl groups excluding tert-OH is 1. The first-order valence-corrected chi connectivity index (χ1v) is 6.63. The highest BCUT2D eigenvalue weighted by molar-refractivity contribution is 6.30. The lowest BCUT2D eigenvalue weighted by Crippen LogP contribution is -2.22. The molecule has 0 saturated carbocycles. The van der Waals surface area contributed by atoms with Gasteiger partial charge in [0.15, 0.2) is 5.82 Å². The van der Waals surface area contributed by atoms with Gasteiger partial charge in [0.2, 0.25) is 0 Å². The second-order valence-electron chi connectivity index (χ2n) is 4.68. The summed E-state index contributed by atoms with van der Waals surface area (Å²) in [5, 5.41) is 18.7. The number of halogens is 1. The first kappa shape index (κ1) is 12.4. The predicted octanol–water partition coefficient (Wildman–Crippen LogP) is 2.37. The predicted molar refractivity (Wildman–Crippen MR) is 75.3 cm³/mol. The van der Waals surface area contributed by atoms with Gasteiger partial charge in [-0.1, -0.05) is 23.7 Å². The van der Waals surface area contributed by atoms with Gasteiger partial charge in [-0.3, -0.25) is 0 Å². The lowest BCUT2D eigenvalue weighted by molar-refractivity contribution is 0.198. The normalized spacial score (nSPS) is 18.8. The van der Waals surface area contributed by atoms with Crippen LogP contribution in [0.2, 0.25) is 5.02 Å². The molecule has 2 aromatic rings. The van der Waals surface area contributed by atoms with Crippen LogP contribution in [0.5, 0.6) is 0 Å². The van der Waals surface area contributed by atoms with Crippen molar-refractivity contribution in [1.29, 1.82) is 0 Å². The minimum Gasteiger partial charge on any atom is -0.391 e. The van der Waals surface area contributed by atoms with Gasteiger partial charge in [0.1, 0.15) is 0 Å². The summed E-state index contributed by atoms with van der Waals surface area (Å²) in [6.45, 7) is 1.46. The molecule has 4 nitrogen and oxygen atoms in total. The Hall–Kier alpha value is -1.65. The molecule has 1 aromatic carbocycles. The smallest absolute Gasteiger partial charge is 0.151 e. The summed E-state index contributed by atoms with van der Waals surface area (Å²) in [4.78, 5) is 2.04. The maximum atomic E-state index is 9.52. The van der Waals surface area contributed by atoms with E-state index < -0.39 is 0 Å². The fraction of sp³-hybridized carbons (Fsp3) is 0.286. The van der Waals surface area contributed by atoms with Crippen molar-refractivity contribution in [1.82, 2.24) is 10.2 Å². The minimum atomic E-state index is -0.255. The lowest BCUT2D eigenvalue weighted by atomic mass is 10.1. The minimum absolute atomic E-state index is 0.255. The number of aliphatic hydroxyl groups is 1. The zero-order chi connectivity index (χ0) is 13.2. The number of nitrogens with zero attached hydrogens (tertiary/aromatic N) is 3. The molecule has 1 atom stereocenters. The van der Waals surface area contributed by atoms with Crippen LogP contribution in [0.15, 0.2) is 36.4 Å². The van der Waals surface area contributed by atoms with Crippen molar-refractivity contribution in [2.75, 3.05) is 18.0 Å². The summed E-state index contributed by atoms with van der Waals surface area (Å²) in [6.07, 6.45) is 0.534. The molecule has 1 aliphatic heterocycles. The van der Waals surface area contributed by atoms with Gasteiger partial charge in [-0.05, 0) is 30.7 Å². The molecule has 1 aromatic heterocycles. The third-order valence-corrected chi connectivity index (χ3v) is 3.49. The number of β-amino-alcohol motifs (C(OH)–C–C–N with tert-alkyl or cyclic N) is 1. The Labute approximate surface area is 116 Å². The number of aromatic nitrogens is 2. The third-order valence-electron chi connectivity index (χ3n) is 3.26. The van der Waals surface area contributed by atoms with E-state index in [0.29, 0.717) is 11.6 Å². The quantitative estimate of drug-likeness (QED) is 0.914. The second kappa shape index (κ2) is 5.15. The maximum Gasteiger partial charge on any atom is 0.151 e. The molecule has 0 radical (unpaired) electrons. The van der Waals surface area contributed by atoms with Gasteiger partial charge in [-0.15, -0.1) is 10.2 Å². The molecule has 0 bridgehead atoms. The van der Waals surface area contributed by atoms with E-state index in [2.05, 4.69) is 10.2 Å². The second-order valence-corrected chi connectivity index (χ2v) is 5.11. The average Bonchev–Trinajstić information content (AvgIpc) is 2.86. The van der Waals surface area contributed by atoms with E-state index in [0.717, 1.165) is 30.0 Å². The van der Waals surface area contributed by atoms with Crippen LogP contribution in [0.25, 0.3) is 11.3 Å². The van der Waals surface area contributed by atoms with E-state index >= 15 is 0 Å². The van der Waals surface area contributed by atoms with Crippen molar-refractivity contribution in [3.63, 3.8) is 0 Å². The molecular formula is C14H14ClN3O. The van der Waals surface area contributed by atoms with Gasteiger partial charge in [0, 0.05) is 23.7 Å². The first-order valence-electron chi connectivity index (χ1n) is 6.25. The molecule has 1 aliphatic rings. The Kier molecular flexibility index (Phi) is 3.36. The van der Waals surface area contributed by atoms with Crippen LogP contribution in [0.3, 0.4) is 0 Å². The molecular weight excluding hydrogens is 262 g/mol. The van der Waals surface area contributed by atoms with E-state index in [1.165, 1.54) is 0 Å². The van der Waals surface area contributed by atoms with Crippen molar-refractivity contribution < 1.29 is 5.11 Å². The number of hydrogen-bond donors (Lipinski definition) is 1. The zero-order valence-electron chi connectivity index (χ0n) is 10.3. The molecule has 1 fully saturated rings. The molecule has 19 heavy (non-hydrogen) atoms. The molecule has 1 saturated heterocycles. The fourth-order valence-electron chi connectivity index (χ4n) is 2.25. The molecule has 0 aliphatic carbocycles. The van der Waals surface area contributed by atoms with Gasteiger partial charge >= 0.3 is 0 Å². The molecule has 3 rings (SSSR count). The number of hydrogen-bond acceptors (Lipinski definition) is 4. The van der Waals surface area contributed by atoms with Crippen molar-refractivity contribution in [2.24, 2.45) is 0 Å². The van der Waals surface area contributed by atoms with Crippen LogP contribution < -0.4 is 4.90 Å². The summed E-state index contributed by atoms with van der Waals surface area (Å²) in [7, 11) is 0. The van der Waals surface area contributed by atoms with Crippen LogP contribution in [0, 0.1) is 0 Å². The lowest BCUT2D eigenvalue weighted by Gasteiger charge is -2.15. The number of anilines is 1. The molecule has 1 N–H and O–H groups in total. The van der Waals surface area contributed by atoms with Gasteiger partial charge in [-0.2, -0.15) is 0 Å². The SMILES string of the molecule is OC1CCN(c2ccc(-c3cccc(Cl)c3)nn2)C1. The van der Waals surface area contributed by atoms with Crippen LogP contribution in [0.4, 0.5) is 5.82 Å². The summed E-state index contributed by atoms with van der Waals surface area (Å²) in [5.74, 6) is 0.808. The Morgan fingerprint density at radius 2 is 2.11 bits per heavy atom. The maximum absolute atomic E-state index is 9.52. The van der Waals surface area contributed by atoms with Crippen molar-refractivity contribution >= 4 is 17.4 Å². The third kappa shape index (κ3) is 2.69. The Bertz CT molecular complexity index is 573.